The molecule has 0 aromatic heterocycles. The van der Waals surface area contributed by atoms with Crippen molar-refractivity contribution in [1.82, 2.24) is 5.32 Å². The number of halogens is 2. The molecule has 0 aliphatic heterocycles. The first kappa shape index (κ1) is 34.9. The molecule has 3 N–H and O–H groups in total. The van der Waals surface area contributed by atoms with Crippen LogP contribution in [0.25, 0.3) is 6.08 Å². The quantitative estimate of drug-likeness (QED) is 0.0876. The van der Waals surface area contributed by atoms with Crippen LogP contribution in [0.2, 0.25) is 0 Å². The molecule has 5 rings (SSSR count). The van der Waals surface area contributed by atoms with E-state index in [9.17, 15) is 18.8 Å². The molecule has 0 bridgehead atoms. The minimum atomic E-state index is -0.700. The Hall–Kier alpha value is -5.39. The third kappa shape index (κ3) is 9.37. The Morgan fingerprint density at radius 3 is 2.10 bits per heavy atom. The lowest BCUT2D eigenvalue weighted by molar-refractivity contribution is -0.116. The smallest absolute Gasteiger partial charge is 0.272 e. The van der Waals surface area contributed by atoms with Crippen LogP contribution in [-0.4, -0.2) is 31.9 Å². The number of hydrogen-bond acceptors (Lipinski definition) is 6. The van der Waals surface area contributed by atoms with Gasteiger partial charge in [0.05, 0.1) is 19.9 Å². The molecule has 0 aliphatic carbocycles. The molecule has 1 atom stereocenters. The molecule has 11 heteroatoms. The zero-order valence-electron chi connectivity index (χ0n) is 26.4. The maximum absolute atomic E-state index is 14.5. The fraction of sp³-hybridized carbons (Fsp3) is 0.0789. The van der Waals surface area contributed by atoms with E-state index in [0.29, 0.717) is 32.8 Å². The highest BCUT2D eigenvalue weighted by molar-refractivity contribution is 9.10. The molecule has 0 spiro atoms. The number of anilines is 2. The van der Waals surface area contributed by atoms with Gasteiger partial charge in [-0.3, -0.25) is 14.4 Å². The maximum atomic E-state index is 14.5. The van der Waals surface area contributed by atoms with Gasteiger partial charge in [0.15, 0.2) is 11.5 Å². The molecular formula is C38H31BrFN3O5S. The Kier molecular flexibility index (Phi) is 11.9. The van der Waals surface area contributed by atoms with Crippen LogP contribution in [0.15, 0.2) is 136 Å². The number of hydrogen-bond donors (Lipinski definition) is 3. The molecule has 0 aliphatic rings. The topological polar surface area (TPSA) is 106 Å². The summed E-state index contributed by atoms with van der Waals surface area (Å²) in [6.07, 6.45) is 1.54. The van der Waals surface area contributed by atoms with Crippen molar-refractivity contribution < 1.29 is 28.2 Å². The third-order valence-corrected chi connectivity index (χ3v) is 8.90. The Balaban J connectivity index is 1.35. The van der Waals surface area contributed by atoms with E-state index in [0.717, 1.165) is 10.5 Å². The molecule has 0 saturated carbocycles. The number of methoxy groups -OCH3 is 2. The predicted octanol–water partition coefficient (Wildman–Crippen LogP) is 8.49. The predicted molar refractivity (Wildman–Crippen MR) is 194 cm³/mol. The second-order valence-electron chi connectivity index (χ2n) is 10.5. The number of amides is 3. The van der Waals surface area contributed by atoms with Crippen LogP contribution in [0.1, 0.15) is 26.7 Å². The van der Waals surface area contributed by atoms with Gasteiger partial charge in [0.25, 0.3) is 11.8 Å². The molecule has 248 valence electrons. The lowest BCUT2D eigenvalue weighted by Crippen LogP contribution is -2.30. The van der Waals surface area contributed by atoms with Crippen molar-refractivity contribution in [3.63, 3.8) is 0 Å². The highest BCUT2D eigenvalue weighted by Crippen LogP contribution is 2.37. The second kappa shape index (κ2) is 16.6. The van der Waals surface area contributed by atoms with Crippen molar-refractivity contribution in [2.45, 2.75) is 10.1 Å². The zero-order valence-corrected chi connectivity index (χ0v) is 28.8. The summed E-state index contributed by atoms with van der Waals surface area (Å²) in [6.45, 7) is 0. The van der Waals surface area contributed by atoms with E-state index in [4.69, 9.17) is 9.47 Å². The van der Waals surface area contributed by atoms with Crippen LogP contribution in [0.4, 0.5) is 15.8 Å². The Labute approximate surface area is 295 Å². The number of thioether (sulfide) groups is 1. The van der Waals surface area contributed by atoms with Gasteiger partial charge in [-0.1, -0.05) is 70.5 Å². The largest absolute Gasteiger partial charge is 0.493 e. The summed E-state index contributed by atoms with van der Waals surface area (Å²) in [5, 5.41) is 7.56. The zero-order chi connectivity index (χ0) is 34.8. The number of rotatable bonds is 12. The molecule has 0 fully saturated rings. The van der Waals surface area contributed by atoms with E-state index < -0.39 is 28.8 Å². The van der Waals surface area contributed by atoms with Crippen LogP contribution < -0.4 is 25.4 Å². The first-order valence-corrected chi connectivity index (χ1v) is 16.6. The Morgan fingerprint density at radius 1 is 0.776 bits per heavy atom. The number of carbonyl (C=O) groups is 3. The van der Waals surface area contributed by atoms with E-state index >= 15 is 0 Å². The molecule has 3 amide bonds. The van der Waals surface area contributed by atoms with Gasteiger partial charge in [0, 0.05) is 20.6 Å². The first-order valence-electron chi connectivity index (χ1n) is 14.9. The van der Waals surface area contributed by atoms with Gasteiger partial charge in [-0.15, -0.1) is 11.8 Å². The summed E-state index contributed by atoms with van der Waals surface area (Å²) in [6, 6.07) is 34.2. The number of carbonyl (C=O) groups excluding carboxylic acids is 3. The van der Waals surface area contributed by atoms with E-state index in [1.807, 2.05) is 30.3 Å². The van der Waals surface area contributed by atoms with Crippen molar-refractivity contribution in [2.24, 2.45) is 0 Å². The minimum absolute atomic E-state index is 0.000473. The Bertz CT molecular complexity index is 1980. The molecule has 0 saturated heterocycles. The van der Waals surface area contributed by atoms with Gasteiger partial charge in [-0.2, -0.15) is 0 Å². The van der Waals surface area contributed by atoms with Gasteiger partial charge in [0.2, 0.25) is 5.91 Å². The number of nitrogens with one attached hydrogen (secondary N) is 3. The van der Waals surface area contributed by atoms with E-state index in [-0.39, 0.29) is 11.4 Å². The molecule has 8 nitrogen and oxygen atoms in total. The summed E-state index contributed by atoms with van der Waals surface area (Å²) in [4.78, 5) is 40.8. The van der Waals surface area contributed by atoms with Gasteiger partial charge in [-0.05, 0) is 83.9 Å². The van der Waals surface area contributed by atoms with Crippen molar-refractivity contribution in [1.29, 1.82) is 0 Å². The van der Waals surface area contributed by atoms with E-state index in [1.165, 1.54) is 38.1 Å². The fourth-order valence-corrected chi connectivity index (χ4v) is 6.05. The van der Waals surface area contributed by atoms with Crippen LogP contribution in [0.5, 0.6) is 11.5 Å². The average molecular weight is 741 g/mol. The van der Waals surface area contributed by atoms with Crippen molar-refractivity contribution in [3.8, 4) is 11.5 Å². The molecular weight excluding hydrogens is 709 g/mol. The van der Waals surface area contributed by atoms with Gasteiger partial charge in [-0.25, -0.2) is 4.39 Å². The van der Waals surface area contributed by atoms with Gasteiger partial charge < -0.3 is 25.4 Å². The third-order valence-electron chi connectivity index (χ3n) is 7.14. The summed E-state index contributed by atoms with van der Waals surface area (Å²) in [5.41, 5.74) is 2.24. The molecule has 1 unspecified atom stereocenters. The maximum Gasteiger partial charge on any atom is 0.272 e. The van der Waals surface area contributed by atoms with E-state index in [2.05, 4.69) is 31.9 Å². The fourth-order valence-electron chi connectivity index (χ4n) is 4.69. The average Bonchev–Trinajstić information content (AvgIpc) is 3.12. The first-order chi connectivity index (χ1) is 23.7. The van der Waals surface area contributed by atoms with Gasteiger partial charge >= 0.3 is 0 Å². The molecule has 5 aromatic rings. The highest BCUT2D eigenvalue weighted by Gasteiger charge is 2.23. The number of ether oxygens (including phenoxy) is 2. The van der Waals surface area contributed by atoms with Crippen LogP contribution in [0, 0.1) is 5.82 Å². The summed E-state index contributed by atoms with van der Waals surface area (Å²) in [5.74, 6) is -0.986. The van der Waals surface area contributed by atoms with Crippen LogP contribution in [0.3, 0.4) is 0 Å². The SMILES string of the molecule is COc1ccc(/C=C(\NC(=O)c2ccccc2)C(=O)Nc2ccc(SC(C(=O)Nc3ccc(Br)cc3F)c3ccccc3)cc2)cc1OC. The Morgan fingerprint density at radius 2 is 1.45 bits per heavy atom. The second-order valence-corrected chi connectivity index (χ2v) is 12.6. The van der Waals surface area contributed by atoms with Crippen molar-refractivity contribution in [2.75, 3.05) is 24.9 Å². The van der Waals surface area contributed by atoms with Crippen LogP contribution in [-0.2, 0) is 9.59 Å². The normalized spacial score (nSPS) is 11.6. The monoisotopic (exact) mass is 739 g/mol. The highest BCUT2D eigenvalue weighted by atomic mass is 79.9. The molecule has 5 aromatic carbocycles. The van der Waals surface area contributed by atoms with E-state index in [1.54, 1.807) is 84.9 Å². The van der Waals surface area contributed by atoms with Crippen molar-refractivity contribution in [3.05, 3.63) is 154 Å². The number of benzene rings is 5. The molecule has 0 radical (unpaired) electrons. The van der Waals surface area contributed by atoms with Gasteiger partial charge in [0.1, 0.15) is 16.8 Å². The molecule has 49 heavy (non-hydrogen) atoms. The summed E-state index contributed by atoms with van der Waals surface area (Å²) in [7, 11) is 3.03. The summed E-state index contributed by atoms with van der Waals surface area (Å²) >= 11 is 4.51. The standard InChI is InChI=1S/C38H31BrFN3O5S/c1-47-33-20-13-24(22-34(33)48-2)21-32(43-36(44)26-11-7-4-8-12-26)37(45)41-28-15-17-29(18-16-28)49-35(25-9-5-3-6-10-25)38(46)42-31-19-14-27(39)23-30(31)40/h3-23,35H,1-2H3,(H,41,45)(H,42,46)(H,43,44)/b32-21-. The summed E-state index contributed by atoms with van der Waals surface area (Å²) < 4.78 is 25.8. The minimum Gasteiger partial charge on any atom is -0.493 e. The lowest BCUT2D eigenvalue weighted by atomic mass is 10.1. The van der Waals surface area contributed by atoms with Crippen LogP contribution >= 0.6 is 27.7 Å². The lowest BCUT2D eigenvalue weighted by Gasteiger charge is -2.18. The molecule has 0 heterocycles. The van der Waals surface area contributed by atoms with Crippen molar-refractivity contribution >= 4 is 62.9 Å².